The fourth-order valence-corrected chi connectivity index (χ4v) is 1.48. The molecule has 0 aromatic heterocycles. The van der Waals surface area contributed by atoms with E-state index < -0.39 is 5.82 Å². The van der Waals surface area contributed by atoms with Crippen molar-refractivity contribution < 1.29 is 4.39 Å². The highest BCUT2D eigenvalue weighted by atomic mass is 79.9. The molecule has 0 unspecified atom stereocenters. The van der Waals surface area contributed by atoms with Crippen LogP contribution in [-0.2, 0) is 6.42 Å². The quantitative estimate of drug-likeness (QED) is 0.700. The lowest BCUT2D eigenvalue weighted by atomic mass is 10.2. The van der Waals surface area contributed by atoms with Gasteiger partial charge in [0, 0.05) is 4.47 Å². The van der Waals surface area contributed by atoms with Crippen LogP contribution in [-0.4, -0.2) is 0 Å². The van der Waals surface area contributed by atoms with Gasteiger partial charge in [-0.05, 0) is 17.7 Å². The monoisotopic (exact) mass is 247 g/mol. The van der Waals surface area contributed by atoms with Crippen molar-refractivity contribution in [1.29, 1.82) is 5.26 Å². The Balaban J connectivity index is 3.20. The Bertz CT molecular complexity index is 346. The fourth-order valence-electron chi connectivity index (χ4n) is 0.823. The van der Waals surface area contributed by atoms with Gasteiger partial charge in [-0.15, -0.1) is 0 Å². The van der Waals surface area contributed by atoms with Crippen LogP contribution in [0.5, 0.6) is 0 Å². The molecule has 1 aromatic carbocycles. The topological polar surface area (TPSA) is 23.8 Å². The molecule has 0 radical (unpaired) electrons. The fraction of sp³-hybridized carbons (Fsp3) is 0.125. The van der Waals surface area contributed by atoms with Gasteiger partial charge in [0.05, 0.1) is 17.5 Å². The minimum Gasteiger partial charge on any atom is -0.205 e. The molecule has 62 valence electrons. The van der Waals surface area contributed by atoms with E-state index in [1.165, 1.54) is 6.07 Å². The minimum absolute atomic E-state index is 0.0275. The van der Waals surface area contributed by atoms with Crippen LogP contribution >= 0.6 is 27.5 Å². The molecular weight excluding hydrogens is 244 g/mol. The van der Waals surface area contributed by atoms with Crippen LogP contribution in [0.15, 0.2) is 16.6 Å². The highest BCUT2D eigenvalue weighted by Crippen LogP contribution is 2.24. The molecule has 0 fully saturated rings. The Hall–Kier alpha value is -0.590. The zero-order valence-electron chi connectivity index (χ0n) is 5.94. The zero-order valence-corrected chi connectivity index (χ0v) is 8.28. The van der Waals surface area contributed by atoms with E-state index in [1.54, 1.807) is 6.07 Å². The Kier molecular flexibility index (Phi) is 3.07. The van der Waals surface area contributed by atoms with Crippen molar-refractivity contribution in [2.24, 2.45) is 0 Å². The standard InChI is InChI=1S/C8H4BrClFN/c9-6-3-5(1-2-12)8(10)7(11)4-6/h3-4H,1H2. The van der Waals surface area contributed by atoms with Crippen LogP contribution < -0.4 is 0 Å². The lowest BCUT2D eigenvalue weighted by Gasteiger charge is -2.01. The molecule has 0 aliphatic carbocycles. The minimum atomic E-state index is -0.503. The van der Waals surface area contributed by atoms with E-state index in [0.717, 1.165) is 0 Å². The second-order valence-corrected chi connectivity index (χ2v) is 3.49. The molecule has 0 aliphatic heterocycles. The SMILES string of the molecule is N#CCc1cc(Br)cc(F)c1Cl. The van der Waals surface area contributed by atoms with Gasteiger partial charge in [0.2, 0.25) is 0 Å². The Morgan fingerprint density at radius 2 is 2.25 bits per heavy atom. The molecule has 1 rings (SSSR count). The predicted octanol–water partition coefficient (Wildman–Crippen LogP) is 3.31. The number of nitriles is 1. The maximum Gasteiger partial charge on any atom is 0.143 e. The van der Waals surface area contributed by atoms with Gasteiger partial charge in [0.15, 0.2) is 0 Å². The van der Waals surface area contributed by atoms with Gasteiger partial charge in [-0.1, -0.05) is 27.5 Å². The van der Waals surface area contributed by atoms with Crippen molar-refractivity contribution in [3.63, 3.8) is 0 Å². The first-order valence-electron chi connectivity index (χ1n) is 3.15. The summed E-state index contributed by atoms with van der Waals surface area (Å²) in [7, 11) is 0. The Morgan fingerprint density at radius 3 is 2.83 bits per heavy atom. The molecule has 0 heterocycles. The smallest absolute Gasteiger partial charge is 0.143 e. The largest absolute Gasteiger partial charge is 0.205 e. The van der Waals surface area contributed by atoms with Crippen LogP contribution in [0.2, 0.25) is 5.02 Å². The van der Waals surface area contributed by atoms with Crippen LogP contribution in [0.4, 0.5) is 4.39 Å². The van der Waals surface area contributed by atoms with Crippen molar-refractivity contribution in [1.82, 2.24) is 0 Å². The molecule has 0 saturated carbocycles. The molecule has 0 atom stereocenters. The van der Waals surface area contributed by atoms with Gasteiger partial charge in [-0.3, -0.25) is 0 Å². The van der Waals surface area contributed by atoms with Gasteiger partial charge in [0.1, 0.15) is 5.82 Å². The van der Waals surface area contributed by atoms with E-state index in [-0.39, 0.29) is 11.4 Å². The molecule has 1 aromatic rings. The second kappa shape index (κ2) is 3.88. The highest BCUT2D eigenvalue weighted by molar-refractivity contribution is 9.10. The molecule has 0 N–H and O–H groups in total. The van der Waals surface area contributed by atoms with E-state index in [4.69, 9.17) is 16.9 Å². The Morgan fingerprint density at radius 1 is 1.58 bits per heavy atom. The van der Waals surface area contributed by atoms with Crippen LogP contribution in [0, 0.1) is 17.1 Å². The third-order valence-electron chi connectivity index (χ3n) is 1.34. The average molecular weight is 248 g/mol. The maximum atomic E-state index is 12.9. The van der Waals surface area contributed by atoms with Crippen molar-refractivity contribution in [2.75, 3.05) is 0 Å². The molecule has 0 bridgehead atoms. The summed E-state index contributed by atoms with van der Waals surface area (Å²) in [6.45, 7) is 0. The molecule has 4 heteroatoms. The predicted molar refractivity (Wildman–Crippen MR) is 48.4 cm³/mol. The third-order valence-corrected chi connectivity index (χ3v) is 2.22. The number of nitrogens with zero attached hydrogens (tertiary/aromatic N) is 1. The van der Waals surface area contributed by atoms with E-state index in [2.05, 4.69) is 15.9 Å². The second-order valence-electron chi connectivity index (χ2n) is 2.20. The lowest BCUT2D eigenvalue weighted by Crippen LogP contribution is -1.87. The van der Waals surface area contributed by atoms with Gasteiger partial charge >= 0.3 is 0 Å². The normalized spacial score (nSPS) is 9.50. The van der Waals surface area contributed by atoms with Gasteiger partial charge in [-0.25, -0.2) is 4.39 Å². The van der Waals surface area contributed by atoms with Crippen molar-refractivity contribution in [2.45, 2.75) is 6.42 Å². The van der Waals surface area contributed by atoms with Crippen LogP contribution in [0.3, 0.4) is 0 Å². The summed E-state index contributed by atoms with van der Waals surface area (Å²) < 4.78 is 13.5. The average Bonchev–Trinajstić information content (AvgIpc) is 2.00. The van der Waals surface area contributed by atoms with Crippen molar-refractivity contribution >= 4 is 27.5 Å². The molecule has 12 heavy (non-hydrogen) atoms. The Labute approximate surface area is 82.9 Å². The summed E-state index contributed by atoms with van der Waals surface area (Å²) in [5.74, 6) is -0.503. The van der Waals surface area contributed by atoms with Crippen molar-refractivity contribution in [3.8, 4) is 6.07 Å². The van der Waals surface area contributed by atoms with Crippen LogP contribution in [0.1, 0.15) is 5.56 Å². The van der Waals surface area contributed by atoms with Gasteiger partial charge < -0.3 is 0 Å². The summed E-state index contributed by atoms with van der Waals surface area (Å²) in [5.41, 5.74) is 0.506. The molecule has 0 saturated heterocycles. The van der Waals surface area contributed by atoms with Crippen molar-refractivity contribution in [3.05, 3.63) is 33.0 Å². The van der Waals surface area contributed by atoms with Crippen LogP contribution in [0.25, 0.3) is 0 Å². The first kappa shape index (κ1) is 9.50. The molecule has 0 amide bonds. The molecular formula is C8H4BrClFN. The summed E-state index contributed by atoms with van der Waals surface area (Å²) in [5, 5.41) is 8.41. The summed E-state index contributed by atoms with van der Waals surface area (Å²) in [6.07, 6.45) is 0.120. The van der Waals surface area contributed by atoms with E-state index >= 15 is 0 Å². The summed E-state index contributed by atoms with van der Waals surface area (Å²) >= 11 is 8.71. The number of benzene rings is 1. The zero-order chi connectivity index (χ0) is 9.14. The summed E-state index contributed by atoms with van der Waals surface area (Å²) in [4.78, 5) is 0. The number of hydrogen-bond acceptors (Lipinski definition) is 1. The number of hydrogen-bond donors (Lipinski definition) is 0. The maximum absolute atomic E-state index is 12.9. The van der Waals surface area contributed by atoms with Gasteiger partial charge in [0.25, 0.3) is 0 Å². The highest BCUT2D eigenvalue weighted by Gasteiger charge is 2.06. The first-order valence-corrected chi connectivity index (χ1v) is 4.32. The van der Waals surface area contributed by atoms with E-state index in [9.17, 15) is 4.39 Å². The number of rotatable bonds is 1. The number of halogens is 3. The van der Waals surface area contributed by atoms with Gasteiger partial charge in [-0.2, -0.15) is 5.26 Å². The molecule has 0 aliphatic rings. The third kappa shape index (κ3) is 1.96. The first-order chi connectivity index (χ1) is 5.65. The van der Waals surface area contributed by atoms with E-state index in [0.29, 0.717) is 10.0 Å². The summed E-state index contributed by atoms with van der Waals surface area (Å²) in [6, 6.07) is 4.81. The molecule has 1 nitrogen and oxygen atoms in total. The lowest BCUT2D eigenvalue weighted by molar-refractivity contribution is 0.625. The van der Waals surface area contributed by atoms with E-state index in [1.807, 2.05) is 6.07 Å². The molecule has 0 spiro atoms.